The van der Waals surface area contributed by atoms with Crippen molar-refractivity contribution in [2.24, 2.45) is 5.92 Å². The SMILES string of the molecule is COCc1cc(C(=O)OC)cc(S(=O)(=O)N2CCCC(C(=O)O)C2)c1. The third-order valence-electron chi connectivity index (χ3n) is 4.07. The summed E-state index contributed by atoms with van der Waals surface area (Å²) >= 11 is 0. The molecule has 0 amide bonds. The Labute approximate surface area is 146 Å². The van der Waals surface area contributed by atoms with Crippen LogP contribution in [0.3, 0.4) is 0 Å². The topological polar surface area (TPSA) is 110 Å². The minimum Gasteiger partial charge on any atom is -0.481 e. The first-order valence-electron chi connectivity index (χ1n) is 7.73. The van der Waals surface area contributed by atoms with E-state index in [1.807, 2.05) is 0 Å². The van der Waals surface area contributed by atoms with Gasteiger partial charge in [0.1, 0.15) is 0 Å². The maximum absolute atomic E-state index is 12.9. The van der Waals surface area contributed by atoms with Crippen LogP contribution in [0.1, 0.15) is 28.8 Å². The molecule has 1 unspecified atom stereocenters. The van der Waals surface area contributed by atoms with E-state index in [1.165, 1.54) is 32.4 Å². The van der Waals surface area contributed by atoms with Gasteiger partial charge in [0.05, 0.1) is 30.1 Å². The van der Waals surface area contributed by atoms with Crippen molar-refractivity contribution >= 4 is 22.0 Å². The Balaban J connectivity index is 2.42. The fourth-order valence-electron chi connectivity index (χ4n) is 2.81. The number of rotatable bonds is 6. The van der Waals surface area contributed by atoms with E-state index in [0.717, 1.165) is 4.31 Å². The first-order valence-corrected chi connectivity index (χ1v) is 9.17. The molecule has 138 valence electrons. The van der Waals surface area contributed by atoms with E-state index in [1.54, 1.807) is 0 Å². The van der Waals surface area contributed by atoms with Gasteiger partial charge in [-0.05, 0) is 36.6 Å². The maximum Gasteiger partial charge on any atom is 0.337 e. The van der Waals surface area contributed by atoms with Gasteiger partial charge >= 0.3 is 11.9 Å². The highest BCUT2D eigenvalue weighted by Gasteiger charge is 2.33. The number of nitrogens with zero attached hydrogens (tertiary/aromatic N) is 1. The zero-order chi connectivity index (χ0) is 18.6. The van der Waals surface area contributed by atoms with Gasteiger partial charge in [0.25, 0.3) is 0 Å². The van der Waals surface area contributed by atoms with Crippen LogP contribution in [0.15, 0.2) is 23.1 Å². The lowest BCUT2D eigenvalue weighted by Crippen LogP contribution is -2.42. The zero-order valence-corrected chi connectivity index (χ0v) is 14.9. The van der Waals surface area contributed by atoms with Crippen molar-refractivity contribution in [3.05, 3.63) is 29.3 Å². The van der Waals surface area contributed by atoms with Crippen LogP contribution >= 0.6 is 0 Å². The Kier molecular flexibility index (Phi) is 6.15. The zero-order valence-electron chi connectivity index (χ0n) is 14.1. The molecule has 1 heterocycles. The Hall–Kier alpha value is -1.97. The smallest absolute Gasteiger partial charge is 0.337 e. The Bertz CT molecular complexity index is 760. The lowest BCUT2D eigenvalue weighted by Gasteiger charge is -2.30. The molecule has 2 rings (SSSR count). The maximum atomic E-state index is 12.9. The molecular weight excluding hydrogens is 350 g/mol. The Morgan fingerprint density at radius 2 is 2.00 bits per heavy atom. The number of ether oxygens (including phenoxy) is 2. The molecule has 0 bridgehead atoms. The van der Waals surface area contributed by atoms with Crippen molar-refractivity contribution < 1.29 is 32.6 Å². The third-order valence-corrected chi connectivity index (χ3v) is 5.91. The van der Waals surface area contributed by atoms with Crippen LogP contribution in [0, 0.1) is 5.92 Å². The number of methoxy groups -OCH3 is 2. The molecule has 0 aromatic heterocycles. The van der Waals surface area contributed by atoms with E-state index in [-0.39, 0.29) is 30.2 Å². The molecular formula is C16H21NO7S. The number of hydrogen-bond donors (Lipinski definition) is 1. The van der Waals surface area contributed by atoms with Gasteiger partial charge in [-0.25, -0.2) is 13.2 Å². The fourth-order valence-corrected chi connectivity index (χ4v) is 4.43. The predicted molar refractivity (Wildman–Crippen MR) is 87.6 cm³/mol. The first-order chi connectivity index (χ1) is 11.8. The van der Waals surface area contributed by atoms with Gasteiger partial charge in [-0.2, -0.15) is 4.31 Å². The fraction of sp³-hybridized carbons (Fsp3) is 0.500. The molecule has 1 aliphatic rings. The van der Waals surface area contributed by atoms with Crippen LogP contribution in [0.2, 0.25) is 0 Å². The average molecular weight is 371 g/mol. The highest BCUT2D eigenvalue weighted by atomic mass is 32.2. The monoisotopic (exact) mass is 371 g/mol. The number of carboxylic acid groups (broad SMARTS) is 1. The second kappa shape index (κ2) is 7.94. The molecule has 1 aliphatic heterocycles. The van der Waals surface area contributed by atoms with Crippen LogP contribution < -0.4 is 0 Å². The Morgan fingerprint density at radius 1 is 1.28 bits per heavy atom. The normalized spacial score (nSPS) is 18.7. The van der Waals surface area contributed by atoms with Crippen molar-refractivity contribution in [3.8, 4) is 0 Å². The highest BCUT2D eigenvalue weighted by molar-refractivity contribution is 7.89. The molecule has 1 aromatic rings. The summed E-state index contributed by atoms with van der Waals surface area (Å²) in [5, 5.41) is 9.16. The summed E-state index contributed by atoms with van der Waals surface area (Å²) in [6.07, 6.45) is 0.913. The summed E-state index contributed by atoms with van der Waals surface area (Å²) < 4.78 is 36.7. The van der Waals surface area contributed by atoms with Crippen molar-refractivity contribution in [1.82, 2.24) is 4.31 Å². The number of aliphatic carboxylic acids is 1. The number of hydrogen-bond acceptors (Lipinski definition) is 6. The van der Waals surface area contributed by atoms with E-state index in [2.05, 4.69) is 4.74 Å². The lowest BCUT2D eigenvalue weighted by molar-refractivity contribution is -0.142. The van der Waals surface area contributed by atoms with E-state index >= 15 is 0 Å². The van der Waals surface area contributed by atoms with Crippen LogP contribution in [0.4, 0.5) is 0 Å². The molecule has 0 spiro atoms. The summed E-state index contributed by atoms with van der Waals surface area (Å²) in [5.41, 5.74) is 0.609. The largest absolute Gasteiger partial charge is 0.481 e. The molecule has 0 radical (unpaired) electrons. The Morgan fingerprint density at radius 3 is 2.60 bits per heavy atom. The number of piperidine rings is 1. The van der Waals surface area contributed by atoms with E-state index in [9.17, 15) is 18.0 Å². The minimum atomic E-state index is -3.93. The lowest BCUT2D eigenvalue weighted by atomic mass is 10.0. The van der Waals surface area contributed by atoms with E-state index < -0.39 is 27.9 Å². The van der Waals surface area contributed by atoms with Crippen LogP contribution in [0.25, 0.3) is 0 Å². The molecule has 1 saturated heterocycles. The van der Waals surface area contributed by atoms with Crippen LogP contribution in [-0.2, 0) is 30.9 Å². The summed E-state index contributed by atoms with van der Waals surface area (Å²) in [7, 11) is -1.26. The van der Waals surface area contributed by atoms with Crippen LogP contribution in [0.5, 0.6) is 0 Å². The number of carbonyl (C=O) groups excluding carboxylic acids is 1. The molecule has 0 aliphatic carbocycles. The van der Waals surface area contributed by atoms with Crippen molar-refractivity contribution in [1.29, 1.82) is 0 Å². The number of carbonyl (C=O) groups is 2. The quantitative estimate of drug-likeness (QED) is 0.746. The number of esters is 1. The van der Waals surface area contributed by atoms with Gasteiger partial charge in [0.15, 0.2) is 0 Å². The second-order valence-electron chi connectivity index (χ2n) is 5.83. The molecule has 9 heteroatoms. The van der Waals surface area contributed by atoms with Crippen molar-refractivity contribution in [2.45, 2.75) is 24.3 Å². The highest BCUT2D eigenvalue weighted by Crippen LogP contribution is 2.26. The minimum absolute atomic E-state index is 0.0755. The molecule has 1 aromatic carbocycles. The second-order valence-corrected chi connectivity index (χ2v) is 7.77. The summed E-state index contributed by atoms with van der Waals surface area (Å²) in [4.78, 5) is 22.9. The molecule has 8 nitrogen and oxygen atoms in total. The summed E-state index contributed by atoms with van der Waals surface area (Å²) in [6, 6.07) is 4.17. The van der Waals surface area contributed by atoms with Gasteiger partial charge in [-0.15, -0.1) is 0 Å². The van der Waals surface area contributed by atoms with E-state index in [4.69, 9.17) is 9.84 Å². The molecule has 0 saturated carbocycles. The molecule has 1 atom stereocenters. The standard InChI is InChI=1S/C16H21NO7S/c1-23-10-11-6-13(16(20)24-2)8-14(7-11)25(21,22)17-5-3-4-12(9-17)15(18)19/h6-8,12H,3-5,9-10H2,1-2H3,(H,18,19). The molecule has 25 heavy (non-hydrogen) atoms. The third kappa shape index (κ3) is 4.36. The molecule has 1 fully saturated rings. The predicted octanol–water partition coefficient (Wildman–Crippen LogP) is 1.10. The van der Waals surface area contributed by atoms with E-state index in [0.29, 0.717) is 18.4 Å². The van der Waals surface area contributed by atoms with Gasteiger partial charge in [-0.1, -0.05) is 0 Å². The first kappa shape index (κ1) is 19.4. The van der Waals surface area contributed by atoms with Crippen LogP contribution in [-0.4, -0.2) is 57.1 Å². The number of benzene rings is 1. The van der Waals surface area contributed by atoms with Crippen molar-refractivity contribution in [3.63, 3.8) is 0 Å². The van der Waals surface area contributed by atoms with Gasteiger partial charge < -0.3 is 14.6 Å². The van der Waals surface area contributed by atoms with Gasteiger partial charge in [0, 0.05) is 20.2 Å². The number of carboxylic acids is 1. The average Bonchev–Trinajstić information content (AvgIpc) is 2.61. The number of sulfonamides is 1. The van der Waals surface area contributed by atoms with Gasteiger partial charge in [0.2, 0.25) is 10.0 Å². The molecule has 1 N–H and O–H groups in total. The van der Waals surface area contributed by atoms with Crippen molar-refractivity contribution in [2.75, 3.05) is 27.3 Å². The summed E-state index contributed by atoms with van der Waals surface area (Å²) in [5.74, 6) is -2.40. The van der Waals surface area contributed by atoms with Gasteiger partial charge in [-0.3, -0.25) is 4.79 Å². The summed E-state index contributed by atoms with van der Waals surface area (Å²) in [6.45, 7) is 0.291.